The maximum absolute atomic E-state index is 12.2. The predicted octanol–water partition coefficient (Wildman–Crippen LogP) is 2.74. The molecule has 1 aromatic rings. The molecule has 4 heteroatoms. The molecule has 0 bridgehead atoms. The number of hydrogen-bond donors (Lipinski definition) is 1. The lowest BCUT2D eigenvalue weighted by atomic mass is 9.97. The maximum Gasteiger partial charge on any atom is 0.416 e. The average Bonchev–Trinajstić information content (AvgIpc) is 2.00. The van der Waals surface area contributed by atoms with Gasteiger partial charge in [0.25, 0.3) is 0 Å². The SMILES string of the molecule is FC(F)(F)c1ccc([C@H]2CCN2)cc1. The van der Waals surface area contributed by atoms with Crippen molar-refractivity contribution in [2.24, 2.45) is 0 Å². The second kappa shape index (κ2) is 3.28. The minimum Gasteiger partial charge on any atom is -0.310 e. The van der Waals surface area contributed by atoms with Gasteiger partial charge in [-0.2, -0.15) is 13.2 Å². The fourth-order valence-electron chi connectivity index (χ4n) is 1.48. The summed E-state index contributed by atoms with van der Waals surface area (Å²) in [6.45, 7) is 0.950. The summed E-state index contributed by atoms with van der Waals surface area (Å²) in [4.78, 5) is 0. The van der Waals surface area contributed by atoms with Gasteiger partial charge in [-0.25, -0.2) is 0 Å². The van der Waals surface area contributed by atoms with Crippen LogP contribution in [-0.2, 0) is 6.18 Å². The second-order valence-electron chi connectivity index (χ2n) is 3.42. The molecule has 0 aromatic heterocycles. The van der Waals surface area contributed by atoms with Gasteiger partial charge >= 0.3 is 6.18 Å². The van der Waals surface area contributed by atoms with E-state index in [4.69, 9.17) is 0 Å². The summed E-state index contributed by atoms with van der Waals surface area (Å²) >= 11 is 0. The van der Waals surface area contributed by atoms with Gasteiger partial charge in [0.1, 0.15) is 0 Å². The quantitative estimate of drug-likeness (QED) is 0.736. The van der Waals surface area contributed by atoms with Crippen molar-refractivity contribution < 1.29 is 13.2 Å². The Bertz CT molecular complexity index is 311. The third kappa shape index (κ3) is 1.75. The van der Waals surface area contributed by atoms with E-state index < -0.39 is 11.7 Å². The zero-order valence-electron chi connectivity index (χ0n) is 7.43. The molecule has 1 nitrogen and oxygen atoms in total. The van der Waals surface area contributed by atoms with Crippen LogP contribution in [0.3, 0.4) is 0 Å². The molecule has 1 N–H and O–H groups in total. The van der Waals surface area contributed by atoms with Gasteiger partial charge in [0.05, 0.1) is 5.56 Å². The summed E-state index contributed by atoms with van der Waals surface area (Å²) in [6, 6.07) is 5.60. The molecule has 1 aromatic carbocycles. The monoisotopic (exact) mass is 201 g/mol. The van der Waals surface area contributed by atoms with E-state index in [1.165, 1.54) is 0 Å². The molecule has 1 saturated heterocycles. The van der Waals surface area contributed by atoms with Crippen LogP contribution in [0.2, 0.25) is 0 Å². The van der Waals surface area contributed by atoms with E-state index >= 15 is 0 Å². The van der Waals surface area contributed by atoms with Crippen molar-refractivity contribution in [2.75, 3.05) is 6.54 Å². The summed E-state index contributed by atoms with van der Waals surface area (Å²) in [6.07, 6.45) is -3.23. The minimum atomic E-state index is -4.23. The zero-order chi connectivity index (χ0) is 10.2. The Hall–Kier alpha value is -1.03. The van der Waals surface area contributed by atoms with E-state index in [1.54, 1.807) is 12.1 Å². The first-order valence-corrected chi connectivity index (χ1v) is 4.48. The molecule has 0 amide bonds. The first kappa shape index (κ1) is 9.52. The van der Waals surface area contributed by atoms with E-state index in [1.807, 2.05) is 0 Å². The number of hydrogen-bond acceptors (Lipinski definition) is 1. The van der Waals surface area contributed by atoms with Crippen LogP contribution in [0.1, 0.15) is 23.6 Å². The Kier molecular flexibility index (Phi) is 2.23. The highest BCUT2D eigenvalue weighted by atomic mass is 19.4. The van der Waals surface area contributed by atoms with Gasteiger partial charge in [0.15, 0.2) is 0 Å². The Morgan fingerprint density at radius 3 is 2.07 bits per heavy atom. The lowest BCUT2D eigenvalue weighted by molar-refractivity contribution is -0.137. The van der Waals surface area contributed by atoms with Crippen LogP contribution in [0.5, 0.6) is 0 Å². The summed E-state index contributed by atoms with van der Waals surface area (Å²) in [5.74, 6) is 0. The highest BCUT2D eigenvalue weighted by Crippen LogP contribution is 2.31. The number of halogens is 3. The van der Waals surface area contributed by atoms with Crippen LogP contribution < -0.4 is 5.32 Å². The molecule has 1 fully saturated rings. The molecule has 1 atom stereocenters. The third-order valence-corrected chi connectivity index (χ3v) is 2.46. The van der Waals surface area contributed by atoms with E-state index in [9.17, 15) is 13.2 Å². The average molecular weight is 201 g/mol. The zero-order valence-corrected chi connectivity index (χ0v) is 7.43. The highest BCUT2D eigenvalue weighted by Gasteiger charge is 2.30. The van der Waals surface area contributed by atoms with Crippen LogP contribution in [0.25, 0.3) is 0 Å². The highest BCUT2D eigenvalue weighted by molar-refractivity contribution is 5.27. The molecule has 0 saturated carbocycles. The number of alkyl halides is 3. The smallest absolute Gasteiger partial charge is 0.310 e. The Morgan fingerprint density at radius 1 is 1.14 bits per heavy atom. The number of rotatable bonds is 1. The van der Waals surface area contributed by atoms with Gasteiger partial charge in [-0.15, -0.1) is 0 Å². The maximum atomic E-state index is 12.2. The van der Waals surface area contributed by atoms with Crippen LogP contribution in [0, 0.1) is 0 Å². The Labute approximate surface area is 79.9 Å². The topological polar surface area (TPSA) is 12.0 Å². The van der Waals surface area contributed by atoms with Crippen molar-refractivity contribution in [2.45, 2.75) is 18.6 Å². The summed E-state index contributed by atoms with van der Waals surface area (Å²) < 4.78 is 36.6. The minimum absolute atomic E-state index is 0.247. The van der Waals surface area contributed by atoms with Crippen molar-refractivity contribution in [3.8, 4) is 0 Å². The largest absolute Gasteiger partial charge is 0.416 e. The molecule has 0 aliphatic carbocycles. The van der Waals surface area contributed by atoms with Gasteiger partial charge in [-0.05, 0) is 30.7 Å². The van der Waals surface area contributed by atoms with Crippen LogP contribution in [0.15, 0.2) is 24.3 Å². The molecule has 0 spiro atoms. The molecule has 0 unspecified atom stereocenters. The Morgan fingerprint density at radius 2 is 1.71 bits per heavy atom. The van der Waals surface area contributed by atoms with Crippen molar-refractivity contribution in [3.05, 3.63) is 35.4 Å². The van der Waals surface area contributed by atoms with E-state index in [-0.39, 0.29) is 6.04 Å². The van der Waals surface area contributed by atoms with E-state index in [0.29, 0.717) is 0 Å². The van der Waals surface area contributed by atoms with E-state index in [0.717, 1.165) is 30.7 Å². The Balaban J connectivity index is 2.17. The first-order chi connectivity index (χ1) is 6.57. The fourth-order valence-corrected chi connectivity index (χ4v) is 1.48. The van der Waals surface area contributed by atoms with Crippen molar-refractivity contribution >= 4 is 0 Å². The summed E-state index contributed by atoms with van der Waals surface area (Å²) in [7, 11) is 0. The molecule has 1 heterocycles. The van der Waals surface area contributed by atoms with Gasteiger partial charge in [0.2, 0.25) is 0 Å². The number of nitrogens with one attached hydrogen (secondary N) is 1. The lowest BCUT2D eigenvalue weighted by Crippen LogP contribution is -2.34. The molecule has 76 valence electrons. The molecular weight excluding hydrogens is 191 g/mol. The third-order valence-electron chi connectivity index (χ3n) is 2.46. The van der Waals surface area contributed by atoms with Gasteiger partial charge in [-0.1, -0.05) is 12.1 Å². The van der Waals surface area contributed by atoms with Crippen molar-refractivity contribution in [3.63, 3.8) is 0 Å². The molecule has 14 heavy (non-hydrogen) atoms. The number of benzene rings is 1. The standard InChI is InChI=1S/C10H10F3N/c11-10(12,13)8-3-1-7(2-4-8)9-5-6-14-9/h1-4,9,14H,5-6H2/t9-/m1/s1. The van der Waals surface area contributed by atoms with Crippen LogP contribution >= 0.6 is 0 Å². The first-order valence-electron chi connectivity index (χ1n) is 4.48. The molecule has 1 aliphatic rings. The van der Waals surface area contributed by atoms with Crippen molar-refractivity contribution in [1.82, 2.24) is 5.32 Å². The van der Waals surface area contributed by atoms with Gasteiger partial charge in [-0.3, -0.25) is 0 Å². The van der Waals surface area contributed by atoms with Gasteiger partial charge in [0, 0.05) is 6.04 Å². The molecule has 0 radical (unpaired) electrons. The van der Waals surface area contributed by atoms with Crippen LogP contribution in [0.4, 0.5) is 13.2 Å². The predicted molar refractivity (Wildman–Crippen MR) is 46.8 cm³/mol. The summed E-state index contributed by atoms with van der Waals surface area (Å²) in [5, 5.41) is 3.14. The second-order valence-corrected chi connectivity index (χ2v) is 3.42. The molecular formula is C10H10F3N. The summed E-state index contributed by atoms with van der Waals surface area (Å²) in [5.41, 5.74) is 0.352. The van der Waals surface area contributed by atoms with Crippen molar-refractivity contribution in [1.29, 1.82) is 0 Å². The van der Waals surface area contributed by atoms with E-state index in [2.05, 4.69) is 5.32 Å². The molecule has 1 aliphatic heterocycles. The fraction of sp³-hybridized carbons (Fsp3) is 0.400. The lowest BCUT2D eigenvalue weighted by Gasteiger charge is -2.28. The molecule has 2 rings (SSSR count). The normalized spacial score (nSPS) is 21.8. The van der Waals surface area contributed by atoms with Crippen LogP contribution in [-0.4, -0.2) is 6.54 Å². The van der Waals surface area contributed by atoms with Gasteiger partial charge < -0.3 is 5.32 Å².